The predicted molar refractivity (Wildman–Crippen MR) is 95.3 cm³/mol. The van der Waals surface area contributed by atoms with Crippen molar-refractivity contribution < 1.29 is 19.7 Å². The second-order valence-electron chi connectivity index (χ2n) is 6.02. The van der Waals surface area contributed by atoms with Crippen LogP contribution in [0.15, 0.2) is 42.7 Å². The molecule has 0 radical (unpaired) electrons. The van der Waals surface area contributed by atoms with Gasteiger partial charge in [0, 0.05) is 24.0 Å². The Morgan fingerprint density at radius 2 is 1.92 bits per heavy atom. The van der Waals surface area contributed by atoms with Gasteiger partial charge < -0.3 is 14.9 Å². The molecular weight excluding hydrogens is 334 g/mol. The summed E-state index contributed by atoms with van der Waals surface area (Å²) in [6.07, 6.45) is 3.84. The van der Waals surface area contributed by atoms with Crippen molar-refractivity contribution in [1.82, 2.24) is 14.8 Å². The van der Waals surface area contributed by atoms with E-state index in [4.69, 9.17) is 4.74 Å². The molecule has 3 aromatic rings. The molecule has 2 N–H and O–H groups in total. The van der Waals surface area contributed by atoms with Gasteiger partial charge in [0.2, 0.25) is 0 Å². The number of carbonyl (C=O) groups is 1. The molecule has 2 heterocycles. The Hall–Kier alpha value is -3.35. The quantitative estimate of drug-likeness (QED) is 0.521. The fraction of sp³-hybridized carbons (Fsp3) is 0.211. The summed E-state index contributed by atoms with van der Waals surface area (Å²) in [5.74, 6) is -0.535. The fourth-order valence-electron chi connectivity index (χ4n) is 2.69. The number of nitrogens with zero attached hydrogens (tertiary/aromatic N) is 3. The van der Waals surface area contributed by atoms with Gasteiger partial charge >= 0.3 is 0 Å². The molecule has 0 unspecified atom stereocenters. The van der Waals surface area contributed by atoms with Crippen LogP contribution >= 0.6 is 0 Å². The first-order valence-electron chi connectivity index (χ1n) is 8.13. The minimum atomic E-state index is -0.253. The highest BCUT2D eigenvalue weighted by atomic mass is 16.5. The summed E-state index contributed by atoms with van der Waals surface area (Å²) in [6.45, 7) is 4.11. The Kier molecular flexibility index (Phi) is 4.88. The first kappa shape index (κ1) is 17.5. The summed E-state index contributed by atoms with van der Waals surface area (Å²) in [5.41, 5.74) is 2.21. The Morgan fingerprint density at radius 3 is 2.65 bits per heavy atom. The molecule has 0 fully saturated rings. The number of rotatable bonds is 6. The van der Waals surface area contributed by atoms with Crippen LogP contribution in [0, 0.1) is 0 Å². The lowest BCUT2D eigenvalue weighted by molar-refractivity contribution is 0.111. The summed E-state index contributed by atoms with van der Waals surface area (Å²) in [5, 5.41) is 24.1. The normalized spacial score (nSPS) is 10.9. The lowest BCUT2D eigenvalue weighted by atomic mass is 10.1. The summed E-state index contributed by atoms with van der Waals surface area (Å²) >= 11 is 0. The zero-order valence-electron chi connectivity index (χ0n) is 14.5. The Morgan fingerprint density at radius 1 is 1.15 bits per heavy atom. The summed E-state index contributed by atoms with van der Waals surface area (Å²) in [6, 6.07) is 8.17. The number of carbonyl (C=O) groups excluding carboxylic acids is 1. The van der Waals surface area contributed by atoms with Crippen LogP contribution in [0.4, 0.5) is 0 Å². The summed E-state index contributed by atoms with van der Waals surface area (Å²) in [7, 11) is 0. The van der Waals surface area contributed by atoms with E-state index in [1.54, 1.807) is 18.5 Å². The van der Waals surface area contributed by atoms with Crippen LogP contribution in [0.25, 0.3) is 11.4 Å². The van der Waals surface area contributed by atoms with Crippen LogP contribution in [0.3, 0.4) is 0 Å². The molecule has 7 nitrogen and oxygen atoms in total. The lowest BCUT2D eigenvalue weighted by Gasteiger charge is -2.15. The van der Waals surface area contributed by atoms with Gasteiger partial charge in [0.25, 0.3) is 0 Å². The minimum absolute atomic E-state index is 0.0598. The summed E-state index contributed by atoms with van der Waals surface area (Å²) in [4.78, 5) is 15.6. The first-order chi connectivity index (χ1) is 12.5. The third kappa shape index (κ3) is 3.23. The van der Waals surface area contributed by atoms with E-state index in [2.05, 4.69) is 10.1 Å². The maximum Gasteiger partial charge on any atom is 0.175 e. The molecule has 134 valence electrons. The van der Waals surface area contributed by atoms with Crippen molar-refractivity contribution in [2.45, 2.75) is 26.5 Å². The molecule has 2 aromatic heterocycles. The zero-order valence-corrected chi connectivity index (χ0v) is 14.5. The molecule has 26 heavy (non-hydrogen) atoms. The van der Waals surface area contributed by atoms with Gasteiger partial charge in [-0.2, -0.15) is 5.10 Å². The van der Waals surface area contributed by atoms with Crippen molar-refractivity contribution in [2.75, 3.05) is 0 Å². The maximum absolute atomic E-state index is 11.2. The second-order valence-corrected chi connectivity index (χ2v) is 6.02. The number of hydrogen-bond donors (Lipinski definition) is 2. The third-order valence-electron chi connectivity index (χ3n) is 3.94. The Bertz CT molecular complexity index is 934. The van der Waals surface area contributed by atoms with Crippen LogP contribution in [-0.2, 0) is 6.61 Å². The van der Waals surface area contributed by atoms with Crippen molar-refractivity contribution in [1.29, 1.82) is 0 Å². The molecule has 0 bridgehead atoms. The van der Waals surface area contributed by atoms with Crippen molar-refractivity contribution in [2.24, 2.45) is 0 Å². The highest BCUT2D eigenvalue weighted by Gasteiger charge is 2.17. The maximum atomic E-state index is 11.2. The number of ether oxygens (including phenoxy) is 1. The largest absolute Gasteiger partial charge is 0.507 e. The molecular formula is C19H19N3O4. The number of benzene rings is 1. The third-order valence-corrected chi connectivity index (χ3v) is 3.94. The molecule has 1 aromatic carbocycles. The molecule has 0 saturated carbocycles. The predicted octanol–water partition coefficient (Wildman–Crippen LogP) is 3.33. The van der Waals surface area contributed by atoms with Gasteiger partial charge in [-0.15, -0.1) is 0 Å². The van der Waals surface area contributed by atoms with E-state index < -0.39 is 0 Å². The number of aromatic hydroxyl groups is 2. The topological polar surface area (TPSA) is 97.5 Å². The van der Waals surface area contributed by atoms with Gasteiger partial charge in [0.1, 0.15) is 17.9 Å². The summed E-state index contributed by atoms with van der Waals surface area (Å²) < 4.78 is 7.51. The monoisotopic (exact) mass is 353 g/mol. The van der Waals surface area contributed by atoms with Crippen molar-refractivity contribution >= 4 is 6.29 Å². The van der Waals surface area contributed by atoms with E-state index in [0.29, 0.717) is 12.0 Å². The van der Waals surface area contributed by atoms with Gasteiger partial charge in [-0.3, -0.25) is 14.5 Å². The number of hydrogen-bond acceptors (Lipinski definition) is 6. The van der Waals surface area contributed by atoms with E-state index in [0.717, 1.165) is 11.3 Å². The SMILES string of the molecule is CC(C)n1nccc1-c1ncccc1COc1c(O)ccc(O)c1C=O. The second kappa shape index (κ2) is 7.26. The first-order valence-corrected chi connectivity index (χ1v) is 8.13. The van der Waals surface area contributed by atoms with Crippen LogP contribution in [0.5, 0.6) is 17.2 Å². The van der Waals surface area contributed by atoms with Gasteiger partial charge in [-0.25, -0.2) is 0 Å². The molecule has 0 aliphatic heterocycles. The number of aldehydes is 1. The van der Waals surface area contributed by atoms with Gasteiger partial charge in [0.05, 0.1) is 11.4 Å². The molecule has 0 spiro atoms. The van der Waals surface area contributed by atoms with E-state index >= 15 is 0 Å². The standard InChI is InChI=1S/C19H19N3O4/c1-12(2)22-15(7-9-21-22)18-13(4-3-8-20-18)11-26-19-14(10-23)16(24)5-6-17(19)25/h3-10,12,24-25H,11H2,1-2H3. The molecule has 7 heteroatoms. The van der Waals surface area contributed by atoms with Crippen LogP contribution in [-0.4, -0.2) is 31.3 Å². The molecule has 0 aliphatic rings. The van der Waals surface area contributed by atoms with E-state index in [1.807, 2.05) is 30.7 Å². The fourth-order valence-corrected chi connectivity index (χ4v) is 2.69. The van der Waals surface area contributed by atoms with Crippen LogP contribution in [0.1, 0.15) is 35.8 Å². The Labute approximate surface area is 150 Å². The van der Waals surface area contributed by atoms with Crippen LogP contribution in [0.2, 0.25) is 0 Å². The van der Waals surface area contributed by atoms with Crippen molar-refractivity contribution in [3.8, 4) is 28.6 Å². The van der Waals surface area contributed by atoms with Gasteiger partial charge in [0.15, 0.2) is 17.8 Å². The highest BCUT2D eigenvalue weighted by Crippen LogP contribution is 2.36. The number of phenolic OH excluding ortho intramolecular Hbond substituents is 2. The number of pyridine rings is 1. The Balaban J connectivity index is 1.95. The average molecular weight is 353 g/mol. The van der Waals surface area contributed by atoms with E-state index in [1.165, 1.54) is 12.1 Å². The van der Waals surface area contributed by atoms with E-state index in [9.17, 15) is 15.0 Å². The lowest BCUT2D eigenvalue weighted by Crippen LogP contribution is -2.08. The van der Waals surface area contributed by atoms with Crippen molar-refractivity contribution in [3.63, 3.8) is 0 Å². The minimum Gasteiger partial charge on any atom is -0.507 e. The molecule has 0 saturated heterocycles. The van der Waals surface area contributed by atoms with Crippen LogP contribution < -0.4 is 4.74 Å². The van der Waals surface area contributed by atoms with Gasteiger partial charge in [-0.05, 0) is 38.1 Å². The molecule has 0 aliphatic carbocycles. The number of phenols is 2. The molecule has 0 atom stereocenters. The van der Waals surface area contributed by atoms with Crippen molar-refractivity contribution in [3.05, 3.63) is 53.9 Å². The van der Waals surface area contributed by atoms with E-state index in [-0.39, 0.29) is 35.5 Å². The molecule has 3 rings (SSSR count). The average Bonchev–Trinajstić information content (AvgIpc) is 3.12. The smallest absolute Gasteiger partial charge is 0.175 e. The highest BCUT2D eigenvalue weighted by molar-refractivity contribution is 5.85. The number of aromatic nitrogens is 3. The van der Waals surface area contributed by atoms with Gasteiger partial charge in [-0.1, -0.05) is 6.07 Å². The molecule has 0 amide bonds. The zero-order chi connectivity index (χ0) is 18.7.